The second kappa shape index (κ2) is 37.1. The monoisotopic (exact) mass is 1730 g/mol. The van der Waals surface area contributed by atoms with E-state index in [0.29, 0.717) is 86.2 Å². The molecule has 9 aromatic rings. The largest absolute Gasteiger partial charge is 0.472 e. The molecule has 0 bridgehead atoms. The van der Waals surface area contributed by atoms with Gasteiger partial charge in [-0.05, 0) is 53.9 Å². The second-order valence-electron chi connectivity index (χ2n) is 28.3. The lowest BCUT2D eigenvalue weighted by atomic mass is 10.1. The molecule has 0 aliphatic carbocycles. The number of rotatable bonds is 29. The number of aromatic nitrogens is 21. The Morgan fingerprint density at radius 2 is 0.681 bits per heavy atom. The predicted molar refractivity (Wildman–Crippen MR) is 410 cm³/mol. The zero-order valence-corrected chi connectivity index (χ0v) is 68.8. The number of aromatic amines is 3. The number of aryl methyl sites for hydroxylation is 3. The molecule has 53 heteroatoms. The minimum absolute atomic E-state index is 0.0857. The van der Waals surface area contributed by atoms with Gasteiger partial charge in [0.2, 0.25) is 17.8 Å². The summed E-state index contributed by atoms with van der Waals surface area (Å²) >= 11 is 0. The molecule has 11 N–H and O–H groups in total. The van der Waals surface area contributed by atoms with Gasteiger partial charge in [-0.25, -0.2) is 68.4 Å². The van der Waals surface area contributed by atoms with Crippen LogP contribution < -0.4 is 50.9 Å². The molecule has 50 nitrogen and oxygen atoms in total. The average Bonchev–Trinajstić information content (AvgIpc) is 1.64. The van der Waals surface area contributed by atoms with E-state index in [4.69, 9.17) is 87.0 Å². The van der Waals surface area contributed by atoms with Gasteiger partial charge in [0.1, 0.15) is 92.1 Å². The maximum absolute atomic E-state index is 13.4. The van der Waals surface area contributed by atoms with Gasteiger partial charge >= 0.3 is 40.3 Å². The average molecular weight is 1730 g/mol. The Hall–Kier alpha value is -9.11. The quantitative estimate of drug-likeness (QED) is 0.0311. The Bertz CT molecular complexity index is 5630. The first-order valence-corrected chi connectivity index (χ1v) is 43.1. The molecule has 15 rings (SSSR count). The molecule has 119 heavy (non-hydrogen) atoms. The highest BCUT2D eigenvalue weighted by Gasteiger charge is 2.48. The van der Waals surface area contributed by atoms with Crippen LogP contribution in [-0.2, 0) is 83.5 Å². The summed E-state index contributed by atoms with van der Waals surface area (Å²) in [6, 6.07) is 0. The maximum Gasteiger partial charge on any atom is 0.472 e. The number of nitrogen functional groups attached to an aromatic ring is 3. The van der Waals surface area contributed by atoms with Gasteiger partial charge in [0, 0.05) is 65.5 Å². The summed E-state index contributed by atoms with van der Waals surface area (Å²) in [6.07, 6.45) is -0.0735. The molecule has 0 saturated carbocycles. The Balaban J connectivity index is 0.000000155. The van der Waals surface area contributed by atoms with Gasteiger partial charge in [-0.15, -0.1) is 0 Å². The van der Waals surface area contributed by atoms with Crippen molar-refractivity contribution in [1.29, 1.82) is 0 Å². The molecular weight excluding hydrogens is 1640 g/mol. The van der Waals surface area contributed by atoms with Crippen LogP contribution in [0.2, 0.25) is 0 Å². The van der Waals surface area contributed by atoms with Crippen LogP contribution in [0.25, 0.3) is 33.5 Å². The van der Waals surface area contributed by atoms with Gasteiger partial charge in [0.15, 0.2) is 33.5 Å². The number of nitrogens with zero attached hydrogens (tertiary/aromatic N) is 18. The van der Waals surface area contributed by atoms with E-state index in [0.717, 1.165) is 4.57 Å². The molecule has 6 fully saturated rings. The van der Waals surface area contributed by atoms with Crippen molar-refractivity contribution in [3.8, 4) is 0 Å². The predicted octanol–water partition coefficient (Wildman–Crippen LogP) is 2.00. The van der Waals surface area contributed by atoms with Crippen LogP contribution >= 0.6 is 23.2 Å². The first-order chi connectivity index (χ1) is 56.7. The van der Waals surface area contributed by atoms with Crippen LogP contribution in [0.4, 0.5) is 17.8 Å². The van der Waals surface area contributed by atoms with Crippen LogP contribution in [0.5, 0.6) is 0 Å². The van der Waals surface area contributed by atoms with Crippen LogP contribution in [0.15, 0.2) is 66.7 Å². The van der Waals surface area contributed by atoms with E-state index < -0.39 is 145 Å². The Kier molecular flexibility index (Phi) is 27.3. The minimum atomic E-state index is -4.59. The smallest absolute Gasteiger partial charge is 0.378 e. The topological polar surface area (TPSA) is 642 Å². The van der Waals surface area contributed by atoms with Crippen LogP contribution in [0.1, 0.15) is 147 Å². The van der Waals surface area contributed by atoms with Crippen molar-refractivity contribution < 1.29 is 93.3 Å². The minimum Gasteiger partial charge on any atom is -0.378 e. The van der Waals surface area contributed by atoms with E-state index in [2.05, 4.69) is 74.8 Å². The van der Waals surface area contributed by atoms with Crippen molar-refractivity contribution in [2.24, 2.45) is 0 Å². The maximum atomic E-state index is 13.4. The number of anilines is 3. The summed E-state index contributed by atoms with van der Waals surface area (Å²) in [5.41, 5.74) is 15.0. The Morgan fingerprint density at radius 3 is 0.992 bits per heavy atom. The number of H-pyrrole nitrogens is 3. The highest BCUT2D eigenvalue weighted by Crippen LogP contribution is 2.53. The third-order valence-electron chi connectivity index (χ3n) is 20.2. The number of hydrogen-bond acceptors (Lipinski definition) is 39. The van der Waals surface area contributed by atoms with E-state index in [1.807, 2.05) is 27.7 Å². The standard InChI is InChI=1S/2C22H31N8O9P.C22H31N8O8P/c1-4-12-14(7-16(37-12)29-9-24-18-19(29)26-11(3)27-20(18)31)39-40(33,34)36-8-15-13(35-5-2)6-17(38-15)30-10-25-21(23)28-22(30)32;1-4-12-14(7-17(37-12)30-10-25-21(23)28-22(30)32)39-40(33,34)36-8-15-13(35-5-2)6-16(38-15)29-9-24-18-19(29)26-11(3)27-20(18)31;1-5-12-14(7-16(36-12)29-9-24-18-19(29)26-11(2)27-20(18)31)38-39(4,33)35-8-15-13(34-3)6-17(37-15)30-10-25-21(23)28-22(30)32/h2*9-10,12-17H,4-8H2,1-3H3,(H,33,34)(H2,23,28,32)(H,26,27,31);9-10,12-17H,5-8H2,1-4H3,(H2,23,28,32)(H,26,27,31)/t2*12-,13-,14-,15-,16-,17-;12-,13-,14-,15-,16-,17-,39?/m111/s1. The van der Waals surface area contributed by atoms with Crippen molar-refractivity contribution >= 4 is 74.6 Å². The fourth-order valence-electron chi connectivity index (χ4n) is 14.7. The number of imidazole rings is 3. The molecule has 6 aliphatic rings. The molecule has 0 amide bonds. The summed E-state index contributed by atoms with van der Waals surface area (Å²) in [5, 5.41) is 0. The fourth-order valence-corrected chi connectivity index (χ4v) is 17.9. The van der Waals surface area contributed by atoms with Gasteiger partial charge in [-0.3, -0.25) is 64.4 Å². The van der Waals surface area contributed by atoms with E-state index in [-0.39, 0.29) is 96.3 Å². The summed E-state index contributed by atoms with van der Waals surface area (Å²) in [7, 11) is -11.2. The highest BCUT2D eigenvalue weighted by molar-refractivity contribution is 7.53. The molecule has 6 saturated heterocycles. The summed E-state index contributed by atoms with van der Waals surface area (Å²) in [6.45, 7) is 15.6. The molecule has 0 radical (unpaired) electrons. The molecule has 21 atom stereocenters. The van der Waals surface area contributed by atoms with Crippen molar-refractivity contribution in [3.05, 3.63) is 118 Å². The van der Waals surface area contributed by atoms with Gasteiger partial charge < -0.3 is 93.6 Å². The first kappa shape index (κ1) is 87.7. The van der Waals surface area contributed by atoms with Gasteiger partial charge in [-0.1, -0.05) is 20.8 Å². The molecule has 6 aliphatic heterocycles. The molecule has 0 spiro atoms. The van der Waals surface area contributed by atoms with Crippen LogP contribution in [0, 0.1) is 20.8 Å². The lowest BCUT2D eigenvalue weighted by molar-refractivity contribution is -0.0637. The Labute approximate surface area is 673 Å². The summed E-state index contributed by atoms with van der Waals surface area (Å²) < 4.78 is 134. The van der Waals surface area contributed by atoms with Gasteiger partial charge in [-0.2, -0.15) is 15.0 Å². The number of fused-ring (bicyclic) bond motifs is 3. The van der Waals surface area contributed by atoms with Crippen molar-refractivity contribution in [2.45, 2.75) is 224 Å². The SMILES string of the molecule is CCO[C@@H]1C[C@H](n2cnc(N)nc2=O)O[C@@H]1COP(=O)(O)O[C@@H]1C[C@H](n2cnc3c(=O)[nH]c(C)nc32)O[C@@H]1CC.CCO[C@@H]1C[C@H](n2cnc3c(=O)[nH]c(C)nc32)O[C@@H]1COP(=O)(O)O[C@@H]1C[C@H](n2cnc(N)nc2=O)O[C@@H]1CC.CC[C@H]1O[C@@H](n2cnc3c(=O)[nH]c(C)nc32)C[C@H]1OP(C)(=O)OC[C@H]1O[C@@H](n2cnc(N)nc2=O)C[C@H]1OC. The van der Waals surface area contributed by atoms with Gasteiger partial charge in [0.25, 0.3) is 16.7 Å². The molecule has 0 aromatic carbocycles. The van der Waals surface area contributed by atoms with Crippen molar-refractivity contribution in [2.75, 3.05) is 64.0 Å². The zero-order valence-electron chi connectivity index (χ0n) is 66.1. The normalized spacial score (nSPS) is 28.4. The lowest BCUT2D eigenvalue weighted by Gasteiger charge is -2.24. The van der Waals surface area contributed by atoms with E-state index >= 15 is 0 Å². The summed E-state index contributed by atoms with van der Waals surface area (Å²) in [4.78, 5) is 150. The Morgan fingerprint density at radius 1 is 0.403 bits per heavy atom. The van der Waals surface area contributed by atoms with Crippen LogP contribution in [0.3, 0.4) is 0 Å². The third kappa shape index (κ3) is 20.2. The second-order valence-corrected chi connectivity index (χ2v) is 33.2. The number of ether oxygens (including phenoxy) is 9. The number of nitrogens with two attached hydrogens (primary N) is 3. The van der Waals surface area contributed by atoms with Crippen LogP contribution in [-0.4, -0.2) is 232 Å². The molecular formula is C66H93N24O26P3. The molecule has 648 valence electrons. The number of phosphoric ester groups is 2. The number of phosphoric acid groups is 2. The third-order valence-corrected chi connectivity index (χ3v) is 23.5. The zero-order chi connectivity index (χ0) is 85.1. The van der Waals surface area contributed by atoms with Crippen molar-refractivity contribution in [3.63, 3.8) is 0 Å². The number of hydrogen-bond donors (Lipinski definition) is 8. The van der Waals surface area contributed by atoms with Gasteiger partial charge in [0.05, 0.1) is 93.7 Å². The van der Waals surface area contributed by atoms with E-state index in [1.54, 1.807) is 41.4 Å². The van der Waals surface area contributed by atoms with Crippen molar-refractivity contribution in [1.82, 2.24) is 102 Å². The number of nitrogens with one attached hydrogen (secondary N) is 3. The fraction of sp³-hybridized carbons (Fsp3) is 0.636. The number of methoxy groups -OCH3 is 1. The lowest BCUT2D eigenvalue weighted by Crippen LogP contribution is -2.30. The molecule has 9 aromatic heterocycles. The molecule has 3 unspecified atom stereocenters. The van der Waals surface area contributed by atoms with E-state index in [9.17, 15) is 52.2 Å². The highest BCUT2D eigenvalue weighted by atomic mass is 31.2. The van der Waals surface area contributed by atoms with E-state index in [1.165, 1.54) is 60.9 Å². The first-order valence-electron chi connectivity index (χ1n) is 38.1. The summed E-state index contributed by atoms with van der Waals surface area (Å²) in [5.74, 6) is 0.832. The molecule has 15 heterocycles.